The van der Waals surface area contributed by atoms with Crippen LogP contribution in [-0.2, 0) is 6.42 Å². The van der Waals surface area contributed by atoms with Crippen molar-refractivity contribution >= 4 is 0 Å². The van der Waals surface area contributed by atoms with Crippen molar-refractivity contribution in [1.29, 1.82) is 0 Å². The molecule has 1 aromatic rings. The van der Waals surface area contributed by atoms with Gasteiger partial charge in [-0.15, -0.1) is 0 Å². The van der Waals surface area contributed by atoms with Crippen molar-refractivity contribution in [1.82, 2.24) is 0 Å². The second-order valence-corrected chi connectivity index (χ2v) is 4.70. The molecule has 0 amide bonds. The Balaban J connectivity index is 2.16. The van der Waals surface area contributed by atoms with Crippen LogP contribution in [-0.4, -0.2) is 6.04 Å². The summed E-state index contributed by atoms with van der Waals surface area (Å²) >= 11 is 0. The molecular formula is C14H21N. The van der Waals surface area contributed by atoms with Gasteiger partial charge in [-0.05, 0) is 36.3 Å². The molecule has 0 heterocycles. The maximum absolute atomic E-state index is 6.14. The highest BCUT2D eigenvalue weighted by Crippen LogP contribution is 2.33. The van der Waals surface area contributed by atoms with Crippen LogP contribution in [0.25, 0.3) is 0 Å². The quantitative estimate of drug-likeness (QED) is 0.802. The summed E-state index contributed by atoms with van der Waals surface area (Å²) in [5, 5.41) is 0. The van der Waals surface area contributed by atoms with Crippen molar-refractivity contribution in [3.63, 3.8) is 0 Å². The summed E-state index contributed by atoms with van der Waals surface area (Å²) in [7, 11) is 0. The van der Waals surface area contributed by atoms with E-state index in [0.29, 0.717) is 12.0 Å². The van der Waals surface area contributed by atoms with Crippen LogP contribution >= 0.6 is 0 Å². The molecule has 0 spiro atoms. The number of hydrogen-bond donors (Lipinski definition) is 1. The first-order valence-electron chi connectivity index (χ1n) is 6.15. The van der Waals surface area contributed by atoms with Gasteiger partial charge in [-0.2, -0.15) is 0 Å². The van der Waals surface area contributed by atoms with Crippen molar-refractivity contribution in [3.8, 4) is 0 Å². The number of aryl methyl sites for hydroxylation is 1. The second kappa shape index (κ2) is 4.80. The number of rotatable bonds is 3. The molecule has 1 heteroatoms. The zero-order valence-corrected chi connectivity index (χ0v) is 9.58. The molecule has 1 aromatic carbocycles. The van der Waals surface area contributed by atoms with Crippen molar-refractivity contribution in [2.45, 2.75) is 51.0 Å². The molecule has 82 valence electrons. The summed E-state index contributed by atoms with van der Waals surface area (Å²) < 4.78 is 0. The fourth-order valence-electron chi connectivity index (χ4n) is 2.67. The summed E-state index contributed by atoms with van der Waals surface area (Å²) in [6, 6.07) is 9.41. The van der Waals surface area contributed by atoms with Crippen LogP contribution < -0.4 is 5.73 Å². The average molecular weight is 203 g/mol. The number of hydrogen-bond acceptors (Lipinski definition) is 1. The second-order valence-electron chi connectivity index (χ2n) is 4.70. The Hall–Kier alpha value is -0.820. The van der Waals surface area contributed by atoms with E-state index < -0.39 is 0 Å². The SMILES string of the molecule is CCCc1cccc(C2CCCC2N)c1. The zero-order valence-electron chi connectivity index (χ0n) is 9.58. The fourth-order valence-corrected chi connectivity index (χ4v) is 2.67. The first kappa shape index (κ1) is 10.7. The van der Waals surface area contributed by atoms with Gasteiger partial charge >= 0.3 is 0 Å². The molecule has 1 aliphatic carbocycles. The van der Waals surface area contributed by atoms with Crippen LogP contribution in [0.2, 0.25) is 0 Å². The van der Waals surface area contributed by atoms with E-state index in [9.17, 15) is 0 Å². The van der Waals surface area contributed by atoms with Crippen LogP contribution in [0.5, 0.6) is 0 Å². The Morgan fingerprint density at radius 2 is 2.20 bits per heavy atom. The topological polar surface area (TPSA) is 26.0 Å². The zero-order chi connectivity index (χ0) is 10.7. The van der Waals surface area contributed by atoms with Crippen molar-refractivity contribution in [2.75, 3.05) is 0 Å². The van der Waals surface area contributed by atoms with Gasteiger partial charge in [0.15, 0.2) is 0 Å². The van der Waals surface area contributed by atoms with Gasteiger partial charge in [0.2, 0.25) is 0 Å². The third kappa shape index (κ3) is 2.40. The molecule has 0 bridgehead atoms. The van der Waals surface area contributed by atoms with Crippen molar-refractivity contribution in [3.05, 3.63) is 35.4 Å². The molecule has 2 atom stereocenters. The minimum Gasteiger partial charge on any atom is -0.327 e. The molecule has 2 rings (SSSR count). The Bertz CT molecular complexity index is 319. The normalized spacial score (nSPS) is 25.7. The lowest BCUT2D eigenvalue weighted by molar-refractivity contribution is 0.612. The lowest BCUT2D eigenvalue weighted by Crippen LogP contribution is -2.22. The molecule has 2 N–H and O–H groups in total. The molecule has 15 heavy (non-hydrogen) atoms. The molecule has 2 unspecified atom stereocenters. The predicted octanol–water partition coefficient (Wildman–Crippen LogP) is 3.23. The fraction of sp³-hybridized carbons (Fsp3) is 0.571. The summed E-state index contributed by atoms with van der Waals surface area (Å²) in [6.07, 6.45) is 6.18. The van der Waals surface area contributed by atoms with Crippen molar-refractivity contribution in [2.24, 2.45) is 5.73 Å². The van der Waals surface area contributed by atoms with Gasteiger partial charge in [0.1, 0.15) is 0 Å². The number of benzene rings is 1. The van der Waals surface area contributed by atoms with Gasteiger partial charge in [-0.25, -0.2) is 0 Å². The van der Waals surface area contributed by atoms with Gasteiger partial charge in [-0.1, -0.05) is 44.0 Å². The largest absolute Gasteiger partial charge is 0.327 e. The van der Waals surface area contributed by atoms with E-state index in [1.165, 1.54) is 43.2 Å². The summed E-state index contributed by atoms with van der Waals surface area (Å²) in [5.41, 5.74) is 9.07. The molecular weight excluding hydrogens is 182 g/mol. The lowest BCUT2D eigenvalue weighted by Gasteiger charge is -2.16. The maximum Gasteiger partial charge on any atom is 0.0108 e. The molecule has 1 nitrogen and oxygen atoms in total. The molecule has 1 aliphatic rings. The van der Waals surface area contributed by atoms with E-state index >= 15 is 0 Å². The highest BCUT2D eigenvalue weighted by molar-refractivity contribution is 5.28. The molecule has 0 aromatic heterocycles. The first-order chi connectivity index (χ1) is 7.31. The first-order valence-corrected chi connectivity index (χ1v) is 6.15. The molecule has 0 aliphatic heterocycles. The van der Waals surface area contributed by atoms with E-state index in [1.54, 1.807) is 0 Å². The minimum atomic E-state index is 0.391. The van der Waals surface area contributed by atoms with Gasteiger partial charge in [0.05, 0.1) is 0 Å². The van der Waals surface area contributed by atoms with E-state index in [1.807, 2.05) is 0 Å². The van der Waals surface area contributed by atoms with Crippen LogP contribution in [0.15, 0.2) is 24.3 Å². The third-order valence-electron chi connectivity index (χ3n) is 3.49. The van der Waals surface area contributed by atoms with Crippen LogP contribution in [0, 0.1) is 0 Å². The average Bonchev–Trinajstić information content (AvgIpc) is 2.65. The predicted molar refractivity (Wildman–Crippen MR) is 65.0 cm³/mol. The minimum absolute atomic E-state index is 0.391. The maximum atomic E-state index is 6.14. The lowest BCUT2D eigenvalue weighted by atomic mass is 9.92. The highest BCUT2D eigenvalue weighted by atomic mass is 14.7. The standard InChI is InChI=1S/C14H21N/c1-2-5-11-6-3-7-12(10-11)13-8-4-9-14(13)15/h3,6-7,10,13-14H,2,4-5,8-9,15H2,1H3. The van der Waals surface area contributed by atoms with E-state index in [-0.39, 0.29) is 0 Å². The smallest absolute Gasteiger partial charge is 0.0108 e. The number of nitrogens with two attached hydrogens (primary N) is 1. The van der Waals surface area contributed by atoms with Gasteiger partial charge in [0.25, 0.3) is 0 Å². The monoisotopic (exact) mass is 203 g/mol. The van der Waals surface area contributed by atoms with Crippen LogP contribution in [0.1, 0.15) is 49.7 Å². The Morgan fingerprint density at radius 3 is 2.87 bits per heavy atom. The summed E-state index contributed by atoms with van der Waals surface area (Å²) in [5.74, 6) is 0.613. The Kier molecular flexibility index (Phi) is 3.42. The van der Waals surface area contributed by atoms with Crippen LogP contribution in [0.3, 0.4) is 0 Å². The molecule has 1 fully saturated rings. The highest BCUT2D eigenvalue weighted by Gasteiger charge is 2.25. The summed E-state index contributed by atoms with van der Waals surface area (Å²) in [6.45, 7) is 2.23. The van der Waals surface area contributed by atoms with E-state index in [0.717, 1.165) is 0 Å². The van der Waals surface area contributed by atoms with Gasteiger partial charge in [0, 0.05) is 6.04 Å². The van der Waals surface area contributed by atoms with E-state index in [4.69, 9.17) is 5.73 Å². The summed E-state index contributed by atoms with van der Waals surface area (Å²) in [4.78, 5) is 0. The Morgan fingerprint density at radius 1 is 1.33 bits per heavy atom. The molecule has 0 radical (unpaired) electrons. The van der Waals surface area contributed by atoms with Gasteiger partial charge in [-0.3, -0.25) is 0 Å². The van der Waals surface area contributed by atoms with Crippen molar-refractivity contribution < 1.29 is 0 Å². The van der Waals surface area contributed by atoms with Crippen LogP contribution in [0.4, 0.5) is 0 Å². The molecule has 0 saturated heterocycles. The van der Waals surface area contributed by atoms with Gasteiger partial charge < -0.3 is 5.73 Å². The molecule has 1 saturated carbocycles. The third-order valence-corrected chi connectivity index (χ3v) is 3.49. The van der Waals surface area contributed by atoms with E-state index in [2.05, 4.69) is 31.2 Å². The Labute approximate surface area is 92.7 Å².